The Bertz CT molecular complexity index is 466. The lowest BCUT2D eigenvalue weighted by molar-refractivity contribution is 0.0659. The monoisotopic (exact) mass is 267 g/mol. The van der Waals surface area contributed by atoms with Gasteiger partial charge in [0.05, 0.1) is 6.61 Å². The van der Waals surface area contributed by atoms with Crippen molar-refractivity contribution in [3.63, 3.8) is 0 Å². The summed E-state index contributed by atoms with van der Waals surface area (Å²) in [7, 11) is 0. The SMILES string of the molecule is c1ccc(C(OC[C@@H]2CCCN2)c2ccccc2)cc1. The van der Waals surface area contributed by atoms with E-state index in [0.29, 0.717) is 6.04 Å². The molecular formula is C18H21NO. The van der Waals surface area contributed by atoms with E-state index in [-0.39, 0.29) is 6.10 Å². The second-order valence-corrected chi connectivity index (χ2v) is 5.33. The Morgan fingerprint density at radius 3 is 2.05 bits per heavy atom. The molecule has 2 aromatic carbocycles. The largest absolute Gasteiger partial charge is 0.367 e. The van der Waals surface area contributed by atoms with Crippen molar-refractivity contribution in [1.82, 2.24) is 5.32 Å². The van der Waals surface area contributed by atoms with Crippen molar-refractivity contribution < 1.29 is 4.74 Å². The Labute approximate surface area is 120 Å². The lowest BCUT2D eigenvalue weighted by atomic mass is 10.0. The number of benzene rings is 2. The van der Waals surface area contributed by atoms with Crippen molar-refractivity contribution in [1.29, 1.82) is 0 Å². The van der Waals surface area contributed by atoms with Gasteiger partial charge in [0.15, 0.2) is 0 Å². The molecule has 0 saturated carbocycles. The van der Waals surface area contributed by atoms with E-state index in [4.69, 9.17) is 4.74 Å². The fraction of sp³-hybridized carbons (Fsp3) is 0.333. The zero-order chi connectivity index (χ0) is 13.6. The lowest BCUT2D eigenvalue weighted by Crippen LogP contribution is -2.27. The molecule has 1 fully saturated rings. The second-order valence-electron chi connectivity index (χ2n) is 5.33. The molecule has 104 valence electrons. The molecule has 2 heteroatoms. The topological polar surface area (TPSA) is 21.3 Å². The predicted molar refractivity (Wildman–Crippen MR) is 81.7 cm³/mol. The Balaban J connectivity index is 1.76. The molecule has 1 heterocycles. The van der Waals surface area contributed by atoms with E-state index in [1.54, 1.807) is 0 Å². The Kier molecular flexibility index (Phi) is 4.46. The third kappa shape index (κ3) is 3.27. The zero-order valence-corrected chi connectivity index (χ0v) is 11.7. The van der Waals surface area contributed by atoms with Crippen LogP contribution in [0.4, 0.5) is 0 Å². The molecule has 2 aromatic rings. The van der Waals surface area contributed by atoms with Gasteiger partial charge in [-0.2, -0.15) is 0 Å². The van der Waals surface area contributed by atoms with Crippen molar-refractivity contribution in [2.75, 3.05) is 13.2 Å². The van der Waals surface area contributed by atoms with Gasteiger partial charge in [0, 0.05) is 6.04 Å². The molecule has 1 saturated heterocycles. The van der Waals surface area contributed by atoms with Gasteiger partial charge in [-0.1, -0.05) is 60.7 Å². The summed E-state index contributed by atoms with van der Waals surface area (Å²) in [5.41, 5.74) is 2.44. The minimum Gasteiger partial charge on any atom is -0.367 e. The van der Waals surface area contributed by atoms with Gasteiger partial charge in [-0.25, -0.2) is 0 Å². The third-order valence-electron chi connectivity index (χ3n) is 3.83. The van der Waals surface area contributed by atoms with E-state index < -0.39 is 0 Å². The first kappa shape index (κ1) is 13.3. The molecule has 0 spiro atoms. The smallest absolute Gasteiger partial charge is 0.108 e. The minimum absolute atomic E-state index is 0.0276. The zero-order valence-electron chi connectivity index (χ0n) is 11.7. The van der Waals surface area contributed by atoms with Crippen molar-refractivity contribution in [2.45, 2.75) is 25.0 Å². The van der Waals surface area contributed by atoms with Gasteiger partial charge in [-0.3, -0.25) is 0 Å². The quantitative estimate of drug-likeness (QED) is 0.894. The van der Waals surface area contributed by atoms with Gasteiger partial charge in [-0.05, 0) is 30.5 Å². The number of hydrogen-bond acceptors (Lipinski definition) is 2. The van der Waals surface area contributed by atoms with Crippen LogP contribution in [-0.2, 0) is 4.74 Å². The predicted octanol–water partition coefficient (Wildman–Crippen LogP) is 3.54. The van der Waals surface area contributed by atoms with Crippen LogP contribution in [0.5, 0.6) is 0 Å². The molecule has 0 aliphatic carbocycles. The van der Waals surface area contributed by atoms with Crippen molar-refractivity contribution in [3.05, 3.63) is 71.8 Å². The molecule has 1 atom stereocenters. The summed E-state index contributed by atoms with van der Waals surface area (Å²) in [5.74, 6) is 0. The summed E-state index contributed by atoms with van der Waals surface area (Å²) >= 11 is 0. The molecule has 0 radical (unpaired) electrons. The third-order valence-corrected chi connectivity index (χ3v) is 3.83. The number of hydrogen-bond donors (Lipinski definition) is 1. The van der Waals surface area contributed by atoms with Crippen LogP contribution in [-0.4, -0.2) is 19.2 Å². The van der Waals surface area contributed by atoms with E-state index in [0.717, 1.165) is 13.2 Å². The van der Waals surface area contributed by atoms with Gasteiger partial charge in [0.2, 0.25) is 0 Å². The van der Waals surface area contributed by atoms with Crippen LogP contribution in [0, 0.1) is 0 Å². The van der Waals surface area contributed by atoms with E-state index in [1.807, 2.05) is 12.1 Å². The summed E-state index contributed by atoms with van der Waals surface area (Å²) in [6.45, 7) is 1.89. The number of rotatable bonds is 5. The molecule has 0 unspecified atom stereocenters. The van der Waals surface area contributed by atoms with E-state index in [9.17, 15) is 0 Å². The van der Waals surface area contributed by atoms with Gasteiger partial charge >= 0.3 is 0 Å². The number of ether oxygens (including phenoxy) is 1. The Hall–Kier alpha value is -1.64. The molecular weight excluding hydrogens is 246 g/mol. The Morgan fingerprint density at radius 1 is 0.950 bits per heavy atom. The first-order chi connectivity index (χ1) is 9.93. The highest BCUT2D eigenvalue weighted by molar-refractivity contribution is 5.29. The average Bonchev–Trinajstić information content (AvgIpc) is 3.03. The molecule has 3 rings (SSSR count). The second kappa shape index (κ2) is 6.69. The maximum absolute atomic E-state index is 6.24. The highest BCUT2D eigenvalue weighted by Gasteiger charge is 2.19. The summed E-state index contributed by atoms with van der Waals surface area (Å²) < 4.78 is 6.24. The molecule has 1 aliphatic rings. The summed E-state index contributed by atoms with van der Waals surface area (Å²) in [5, 5.41) is 3.49. The van der Waals surface area contributed by atoms with Crippen LogP contribution in [0.1, 0.15) is 30.1 Å². The molecule has 20 heavy (non-hydrogen) atoms. The van der Waals surface area contributed by atoms with E-state index in [2.05, 4.69) is 53.8 Å². The fourth-order valence-corrected chi connectivity index (χ4v) is 2.75. The normalized spacial score (nSPS) is 18.6. The standard InChI is InChI=1S/C18H21NO/c1-3-8-15(9-4-1)18(16-10-5-2-6-11-16)20-14-17-12-7-13-19-17/h1-6,8-11,17-19H,7,12-14H2/t17-/m0/s1. The van der Waals surface area contributed by atoms with Crippen LogP contribution in [0.3, 0.4) is 0 Å². The lowest BCUT2D eigenvalue weighted by Gasteiger charge is -2.21. The Morgan fingerprint density at radius 2 is 1.55 bits per heavy atom. The highest BCUT2D eigenvalue weighted by atomic mass is 16.5. The highest BCUT2D eigenvalue weighted by Crippen LogP contribution is 2.26. The van der Waals surface area contributed by atoms with Gasteiger partial charge in [0.25, 0.3) is 0 Å². The van der Waals surface area contributed by atoms with Crippen LogP contribution < -0.4 is 5.32 Å². The first-order valence-corrected chi connectivity index (χ1v) is 7.38. The molecule has 0 amide bonds. The van der Waals surface area contributed by atoms with E-state index >= 15 is 0 Å². The first-order valence-electron chi connectivity index (χ1n) is 7.38. The maximum Gasteiger partial charge on any atom is 0.108 e. The summed E-state index contributed by atoms with van der Waals surface area (Å²) in [6, 6.07) is 21.4. The van der Waals surface area contributed by atoms with E-state index in [1.165, 1.54) is 24.0 Å². The molecule has 2 nitrogen and oxygen atoms in total. The molecule has 1 aliphatic heterocycles. The summed E-state index contributed by atoms with van der Waals surface area (Å²) in [6.07, 6.45) is 2.51. The van der Waals surface area contributed by atoms with Crippen molar-refractivity contribution >= 4 is 0 Å². The molecule has 0 aromatic heterocycles. The average molecular weight is 267 g/mol. The maximum atomic E-state index is 6.24. The van der Waals surface area contributed by atoms with Gasteiger partial charge < -0.3 is 10.1 Å². The number of nitrogens with one attached hydrogen (secondary N) is 1. The van der Waals surface area contributed by atoms with Crippen LogP contribution in [0.25, 0.3) is 0 Å². The van der Waals surface area contributed by atoms with Crippen molar-refractivity contribution in [2.24, 2.45) is 0 Å². The van der Waals surface area contributed by atoms with Crippen LogP contribution >= 0.6 is 0 Å². The van der Waals surface area contributed by atoms with Crippen LogP contribution in [0.15, 0.2) is 60.7 Å². The summed E-state index contributed by atoms with van der Waals surface area (Å²) in [4.78, 5) is 0. The van der Waals surface area contributed by atoms with Gasteiger partial charge in [0.1, 0.15) is 6.10 Å². The van der Waals surface area contributed by atoms with Gasteiger partial charge in [-0.15, -0.1) is 0 Å². The minimum atomic E-state index is 0.0276. The van der Waals surface area contributed by atoms with Crippen LogP contribution in [0.2, 0.25) is 0 Å². The molecule has 1 N–H and O–H groups in total. The molecule has 0 bridgehead atoms. The van der Waals surface area contributed by atoms with Crippen molar-refractivity contribution in [3.8, 4) is 0 Å². The fourth-order valence-electron chi connectivity index (χ4n) is 2.75.